The molecule has 0 saturated heterocycles. The highest BCUT2D eigenvalue weighted by atomic mass is 16.5. The lowest BCUT2D eigenvalue weighted by Crippen LogP contribution is -2.28. The number of nitrogens with zero attached hydrogens (tertiary/aromatic N) is 3. The van der Waals surface area contributed by atoms with Crippen LogP contribution < -0.4 is 20.3 Å². The number of hydrogen-bond acceptors (Lipinski definition) is 7. The molecule has 9 nitrogen and oxygen atoms in total. The van der Waals surface area contributed by atoms with E-state index in [1.54, 1.807) is 43.6 Å². The highest BCUT2D eigenvalue weighted by molar-refractivity contribution is 5.90. The molecule has 1 amide bonds. The third kappa shape index (κ3) is 4.83. The fourth-order valence-electron chi connectivity index (χ4n) is 3.65. The van der Waals surface area contributed by atoms with Crippen molar-refractivity contribution in [1.82, 2.24) is 14.7 Å². The maximum atomic E-state index is 13.0. The first kappa shape index (κ1) is 22.8. The maximum Gasteiger partial charge on any atom is 0.263 e. The van der Waals surface area contributed by atoms with Crippen LogP contribution in [0.1, 0.15) is 11.1 Å². The summed E-state index contributed by atoms with van der Waals surface area (Å²) >= 11 is 0. The van der Waals surface area contributed by atoms with Gasteiger partial charge in [0.1, 0.15) is 12.1 Å². The average molecular weight is 460 g/mol. The van der Waals surface area contributed by atoms with Crippen LogP contribution in [0.25, 0.3) is 22.8 Å². The van der Waals surface area contributed by atoms with Gasteiger partial charge in [-0.05, 0) is 67.4 Å². The normalized spacial score (nSPS) is 10.7. The van der Waals surface area contributed by atoms with Gasteiger partial charge in [-0.1, -0.05) is 11.2 Å². The maximum absolute atomic E-state index is 13.0. The molecule has 0 atom stereocenters. The number of benzene rings is 2. The monoisotopic (exact) mass is 460 g/mol. The summed E-state index contributed by atoms with van der Waals surface area (Å²) in [5, 5.41) is 6.82. The SMILES string of the molecule is COc1ccc(-c2noc(-c3cccn(CC(=O)Nc4cc(C)cc(C)c4)c3=O)n2)cc1OC. The summed E-state index contributed by atoms with van der Waals surface area (Å²) in [6.45, 7) is 3.75. The van der Waals surface area contributed by atoms with Gasteiger partial charge in [0.2, 0.25) is 11.7 Å². The number of nitrogens with one attached hydrogen (secondary N) is 1. The van der Waals surface area contributed by atoms with E-state index in [1.165, 1.54) is 11.7 Å². The molecule has 0 bridgehead atoms. The van der Waals surface area contributed by atoms with Gasteiger partial charge < -0.3 is 23.9 Å². The zero-order valence-corrected chi connectivity index (χ0v) is 19.3. The standard InChI is InChI=1S/C25H24N4O5/c1-15-10-16(2)12-18(11-15)26-22(30)14-29-9-5-6-19(25(29)31)24-27-23(28-34-24)17-7-8-20(32-3)21(13-17)33-4/h5-13H,14H2,1-4H3,(H,26,30). The first-order valence-electron chi connectivity index (χ1n) is 10.5. The lowest BCUT2D eigenvalue weighted by molar-refractivity contribution is -0.116. The van der Waals surface area contributed by atoms with Crippen LogP contribution >= 0.6 is 0 Å². The second kappa shape index (κ2) is 9.62. The minimum Gasteiger partial charge on any atom is -0.493 e. The molecule has 0 radical (unpaired) electrons. The zero-order valence-electron chi connectivity index (χ0n) is 19.3. The lowest BCUT2D eigenvalue weighted by atomic mass is 10.1. The molecule has 0 aliphatic rings. The van der Waals surface area contributed by atoms with Gasteiger partial charge in [0.15, 0.2) is 11.5 Å². The molecule has 174 valence electrons. The molecule has 2 aromatic heterocycles. The number of rotatable bonds is 7. The molecular formula is C25H24N4O5. The minimum atomic E-state index is -0.416. The fraction of sp³-hybridized carbons (Fsp3) is 0.200. The highest BCUT2D eigenvalue weighted by Crippen LogP contribution is 2.31. The molecule has 0 unspecified atom stereocenters. The lowest BCUT2D eigenvalue weighted by Gasteiger charge is -2.09. The number of carbonyl (C=O) groups is 1. The smallest absolute Gasteiger partial charge is 0.263 e. The van der Waals surface area contributed by atoms with E-state index in [1.807, 2.05) is 32.0 Å². The van der Waals surface area contributed by atoms with Gasteiger partial charge in [0, 0.05) is 17.4 Å². The Hall–Kier alpha value is -4.40. The van der Waals surface area contributed by atoms with Crippen molar-refractivity contribution in [2.45, 2.75) is 20.4 Å². The van der Waals surface area contributed by atoms with Gasteiger partial charge in [-0.2, -0.15) is 4.98 Å². The van der Waals surface area contributed by atoms with Crippen LogP contribution in [0.2, 0.25) is 0 Å². The third-order valence-corrected chi connectivity index (χ3v) is 5.14. The van der Waals surface area contributed by atoms with Gasteiger partial charge in [0.25, 0.3) is 11.4 Å². The van der Waals surface area contributed by atoms with E-state index in [4.69, 9.17) is 14.0 Å². The van der Waals surface area contributed by atoms with E-state index >= 15 is 0 Å². The Morgan fingerprint density at radius 1 is 1.03 bits per heavy atom. The van der Waals surface area contributed by atoms with Gasteiger partial charge in [0.05, 0.1) is 14.2 Å². The van der Waals surface area contributed by atoms with E-state index in [9.17, 15) is 9.59 Å². The van der Waals surface area contributed by atoms with Crippen molar-refractivity contribution in [1.29, 1.82) is 0 Å². The summed E-state index contributed by atoms with van der Waals surface area (Å²) in [7, 11) is 3.08. The minimum absolute atomic E-state index is 0.0545. The first-order valence-corrected chi connectivity index (χ1v) is 10.5. The Labute approximate surface area is 196 Å². The fourth-order valence-corrected chi connectivity index (χ4v) is 3.65. The van der Waals surface area contributed by atoms with E-state index < -0.39 is 5.56 Å². The summed E-state index contributed by atoms with van der Waals surface area (Å²) in [4.78, 5) is 29.9. The molecule has 0 spiro atoms. The van der Waals surface area contributed by atoms with Gasteiger partial charge in [-0.25, -0.2) is 0 Å². The molecule has 9 heteroatoms. The molecule has 4 rings (SSSR count). The van der Waals surface area contributed by atoms with Crippen molar-refractivity contribution in [2.24, 2.45) is 0 Å². The Kier molecular flexibility index (Phi) is 6.44. The van der Waals surface area contributed by atoms with Crippen LogP contribution in [-0.2, 0) is 11.3 Å². The Bertz CT molecular complexity index is 1390. The van der Waals surface area contributed by atoms with E-state index in [2.05, 4.69) is 15.5 Å². The number of pyridine rings is 1. The molecule has 0 aliphatic heterocycles. The summed E-state index contributed by atoms with van der Waals surface area (Å²) in [6, 6.07) is 14.2. The zero-order chi connectivity index (χ0) is 24.2. The molecule has 1 N–H and O–H groups in total. The second-order valence-electron chi connectivity index (χ2n) is 7.77. The number of hydrogen-bond donors (Lipinski definition) is 1. The van der Waals surface area contributed by atoms with Crippen LogP contribution in [0.3, 0.4) is 0 Å². The van der Waals surface area contributed by atoms with Crippen molar-refractivity contribution in [2.75, 3.05) is 19.5 Å². The summed E-state index contributed by atoms with van der Waals surface area (Å²) < 4.78 is 17.2. The van der Waals surface area contributed by atoms with Gasteiger partial charge >= 0.3 is 0 Å². The van der Waals surface area contributed by atoms with Gasteiger partial charge in [-0.3, -0.25) is 9.59 Å². The van der Waals surface area contributed by atoms with Gasteiger partial charge in [-0.15, -0.1) is 0 Å². The third-order valence-electron chi connectivity index (χ3n) is 5.14. The second-order valence-corrected chi connectivity index (χ2v) is 7.77. The number of aryl methyl sites for hydroxylation is 2. The Morgan fingerprint density at radius 2 is 1.76 bits per heavy atom. The van der Waals surface area contributed by atoms with Crippen molar-refractivity contribution < 1.29 is 18.8 Å². The molecule has 0 aliphatic carbocycles. The van der Waals surface area contributed by atoms with Crippen LogP contribution in [0.4, 0.5) is 5.69 Å². The van der Waals surface area contributed by atoms with Crippen LogP contribution in [0, 0.1) is 13.8 Å². The molecule has 0 fully saturated rings. The van der Waals surface area contributed by atoms with E-state index in [0.29, 0.717) is 28.6 Å². The van der Waals surface area contributed by atoms with Crippen molar-refractivity contribution >= 4 is 11.6 Å². The van der Waals surface area contributed by atoms with Crippen molar-refractivity contribution in [3.63, 3.8) is 0 Å². The molecule has 2 heterocycles. The molecular weight excluding hydrogens is 436 g/mol. The number of methoxy groups -OCH3 is 2. The van der Waals surface area contributed by atoms with Crippen LogP contribution in [-0.4, -0.2) is 34.8 Å². The van der Waals surface area contributed by atoms with Crippen LogP contribution in [0.5, 0.6) is 11.5 Å². The summed E-state index contributed by atoms with van der Waals surface area (Å²) in [5.74, 6) is 1.11. The van der Waals surface area contributed by atoms with E-state index in [0.717, 1.165) is 11.1 Å². The predicted molar refractivity (Wildman–Crippen MR) is 127 cm³/mol. The predicted octanol–water partition coefficient (Wildman–Crippen LogP) is 3.84. The quantitative estimate of drug-likeness (QED) is 0.446. The summed E-state index contributed by atoms with van der Waals surface area (Å²) in [5.41, 5.74) is 3.17. The molecule has 2 aromatic carbocycles. The topological polar surface area (TPSA) is 108 Å². The average Bonchev–Trinajstić information content (AvgIpc) is 3.29. The molecule has 34 heavy (non-hydrogen) atoms. The number of aromatic nitrogens is 3. The first-order chi connectivity index (χ1) is 16.4. The number of ether oxygens (including phenoxy) is 2. The van der Waals surface area contributed by atoms with Crippen molar-refractivity contribution in [3.8, 4) is 34.3 Å². The Morgan fingerprint density at radius 3 is 2.47 bits per heavy atom. The highest BCUT2D eigenvalue weighted by Gasteiger charge is 2.17. The summed E-state index contributed by atoms with van der Waals surface area (Å²) in [6.07, 6.45) is 1.54. The number of carbonyl (C=O) groups excluding carboxylic acids is 1. The Balaban J connectivity index is 1.56. The number of amides is 1. The van der Waals surface area contributed by atoms with Crippen LogP contribution in [0.15, 0.2) is 64.0 Å². The van der Waals surface area contributed by atoms with Crippen molar-refractivity contribution in [3.05, 3.63) is 76.2 Å². The number of anilines is 1. The molecule has 0 saturated carbocycles. The molecule has 4 aromatic rings. The van der Waals surface area contributed by atoms with E-state index in [-0.39, 0.29) is 23.9 Å². The largest absolute Gasteiger partial charge is 0.493 e.